The zero-order chi connectivity index (χ0) is 6.41. The Balaban J connectivity index is 3.74. The number of hydrogen-bond donors (Lipinski definition) is 1. The number of allylic oxidation sites excluding steroid dienone is 4. The average molecular weight is 110 g/mol. The first-order valence-corrected chi connectivity index (χ1v) is 2.48. The molecule has 0 saturated carbocycles. The zero-order valence-electron chi connectivity index (χ0n) is 5.18. The summed E-state index contributed by atoms with van der Waals surface area (Å²) in [4.78, 5) is 0. The van der Waals surface area contributed by atoms with E-state index in [9.17, 15) is 0 Å². The van der Waals surface area contributed by atoms with Crippen LogP contribution in [0.2, 0.25) is 0 Å². The number of rotatable bonds is 2. The molecule has 2 heteroatoms. The van der Waals surface area contributed by atoms with Crippen molar-refractivity contribution < 1.29 is 0 Å². The summed E-state index contributed by atoms with van der Waals surface area (Å²) in [6.45, 7) is 3.71. The van der Waals surface area contributed by atoms with Crippen molar-refractivity contribution >= 4 is 0 Å². The van der Waals surface area contributed by atoms with Gasteiger partial charge >= 0.3 is 0 Å². The molecule has 0 rings (SSSR count). The molecular formula is C6H10N2. The summed E-state index contributed by atoms with van der Waals surface area (Å²) in [6.07, 6.45) is 5.54. The van der Waals surface area contributed by atoms with Crippen LogP contribution in [0.4, 0.5) is 0 Å². The predicted molar refractivity (Wildman–Crippen MR) is 33.7 cm³/mol. The Hall–Kier alpha value is -0.920. The van der Waals surface area contributed by atoms with E-state index in [1.165, 1.54) is 0 Å². The molecule has 0 fully saturated rings. The highest BCUT2D eigenvalue weighted by Crippen LogP contribution is 1.91. The Morgan fingerprint density at radius 1 is 1.62 bits per heavy atom. The molecule has 0 atom stereocenters. The molecule has 0 radical (unpaired) electrons. The predicted octanol–water partition coefficient (Wildman–Crippen LogP) is 2.50. The molecule has 0 unspecified atom stereocenters. The van der Waals surface area contributed by atoms with E-state index < -0.39 is 0 Å². The Morgan fingerprint density at radius 2 is 2.25 bits per heavy atom. The second-order valence-electron chi connectivity index (χ2n) is 1.45. The number of nitrogens with zero attached hydrogens (tertiary/aromatic N) is 1. The van der Waals surface area contributed by atoms with E-state index in [-0.39, 0.29) is 0 Å². The van der Waals surface area contributed by atoms with Gasteiger partial charge in [0.15, 0.2) is 0 Å². The Labute approximate surface area is 49.4 Å². The van der Waals surface area contributed by atoms with Crippen molar-refractivity contribution in [3.8, 4) is 0 Å². The third-order valence-corrected chi connectivity index (χ3v) is 0.706. The van der Waals surface area contributed by atoms with Crippen molar-refractivity contribution in [1.29, 1.82) is 5.53 Å². The maximum absolute atomic E-state index is 6.51. The lowest BCUT2D eigenvalue weighted by Gasteiger charge is -1.79. The second kappa shape index (κ2) is 4.24. The first kappa shape index (κ1) is 7.08. The fourth-order valence-electron chi connectivity index (χ4n) is 0.273. The van der Waals surface area contributed by atoms with Gasteiger partial charge in [-0.15, -0.1) is 0 Å². The second-order valence-corrected chi connectivity index (χ2v) is 1.45. The van der Waals surface area contributed by atoms with Gasteiger partial charge in [-0.3, -0.25) is 0 Å². The standard InChI is InChI=1S/C6H10N2/c1-3-4-5-6(2)8-7/h3-5,7H,1-2H3. The van der Waals surface area contributed by atoms with Crippen LogP contribution in [0.1, 0.15) is 13.8 Å². The molecular weight excluding hydrogens is 100 g/mol. The molecule has 0 aliphatic carbocycles. The molecule has 0 heterocycles. The highest BCUT2D eigenvalue weighted by Gasteiger charge is 1.73. The Morgan fingerprint density at radius 3 is 2.62 bits per heavy atom. The van der Waals surface area contributed by atoms with Crippen molar-refractivity contribution in [2.45, 2.75) is 13.8 Å². The fraction of sp³-hybridized carbons (Fsp3) is 0.333. The number of hydrogen-bond acceptors (Lipinski definition) is 2. The molecule has 1 N–H and O–H groups in total. The Kier molecular flexibility index (Phi) is 3.76. The monoisotopic (exact) mass is 110 g/mol. The molecule has 0 aromatic rings. The summed E-state index contributed by atoms with van der Waals surface area (Å²) in [5.41, 5.74) is 7.24. The largest absolute Gasteiger partial charge is 0.205 e. The van der Waals surface area contributed by atoms with Crippen molar-refractivity contribution in [3.63, 3.8) is 0 Å². The molecule has 0 bridgehead atoms. The van der Waals surface area contributed by atoms with Gasteiger partial charge in [0.1, 0.15) is 0 Å². The SMILES string of the molecule is CC=CC=C(C)N=N. The molecule has 0 aliphatic heterocycles. The first-order valence-electron chi connectivity index (χ1n) is 2.48. The lowest BCUT2D eigenvalue weighted by atomic mass is 10.4. The fourth-order valence-corrected chi connectivity index (χ4v) is 0.273. The van der Waals surface area contributed by atoms with Crippen LogP contribution in [0, 0.1) is 5.53 Å². The molecule has 0 aromatic heterocycles. The minimum atomic E-state index is 0.725. The Bertz CT molecular complexity index is 122. The third-order valence-electron chi connectivity index (χ3n) is 0.706. The average Bonchev–Trinajstić information content (AvgIpc) is 1.83. The van der Waals surface area contributed by atoms with Gasteiger partial charge in [0.2, 0.25) is 0 Å². The summed E-state index contributed by atoms with van der Waals surface area (Å²) in [7, 11) is 0. The van der Waals surface area contributed by atoms with Crippen molar-refractivity contribution in [2.24, 2.45) is 5.11 Å². The molecule has 0 saturated heterocycles. The lowest BCUT2D eigenvalue weighted by molar-refractivity contribution is 1.06. The smallest absolute Gasteiger partial charge is 0.0592 e. The minimum Gasteiger partial charge on any atom is -0.205 e. The van der Waals surface area contributed by atoms with E-state index in [1.54, 1.807) is 13.0 Å². The van der Waals surface area contributed by atoms with Gasteiger partial charge in [-0.1, -0.05) is 12.2 Å². The van der Waals surface area contributed by atoms with Gasteiger partial charge < -0.3 is 0 Å². The van der Waals surface area contributed by atoms with Crippen molar-refractivity contribution in [2.75, 3.05) is 0 Å². The van der Waals surface area contributed by atoms with Crippen LogP contribution in [-0.4, -0.2) is 0 Å². The summed E-state index contributed by atoms with van der Waals surface area (Å²) in [6, 6.07) is 0. The van der Waals surface area contributed by atoms with Crippen molar-refractivity contribution in [3.05, 3.63) is 23.9 Å². The van der Waals surface area contributed by atoms with Crippen LogP contribution in [0.3, 0.4) is 0 Å². The normalized spacial score (nSPS) is 12.5. The molecule has 2 nitrogen and oxygen atoms in total. The highest BCUT2D eigenvalue weighted by atomic mass is 15.0. The molecule has 0 aromatic carbocycles. The van der Waals surface area contributed by atoms with Gasteiger partial charge in [0.25, 0.3) is 0 Å². The van der Waals surface area contributed by atoms with E-state index in [0.717, 1.165) is 5.70 Å². The van der Waals surface area contributed by atoms with Crippen LogP contribution in [-0.2, 0) is 0 Å². The lowest BCUT2D eigenvalue weighted by Crippen LogP contribution is -1.59. The summed E-state index contributed by atoms with van der Waals surface area (Å²) in [5.74, 6) is 0. The topological polar surface area (TPSA) is 36.2 Å². The van der Waals surface area contributed by atoms with Crippen LogP contribution >= 0.6 is 0 Å². The van der Waals surface area contributed by atoms with E-state index >= 15 is 0 Å². The van der Waals surface area contributed by atoms with Crippen LogP contribution in [0.15, 0.2) is 29.0 Å². The van der Waals surface area contributed by atoms with Crippen LogP contribution in [0.25, 0.3) is 0 Å². The van der Waals surface area contributed by atoms with E-state index in [1.807, 2.05) is 19.1 Å². The van der Waals surface area contributed by atoms with Gasteiger partial charge in [0.05, 0.1) is 5.70 Å². The zero-order valence-corrected chi connectivity index (χ0v) is 5.18. The molecule has 8 heavy (non-hydrogen) atoms. The van der Waals surface area contributed by atoms with Gasteiger partial charge in [-0.05, 0) is 19.9 Å². The number of nitrogens with one attached hydrogen (secondary N) is 1. The van der Waals surface area contributed by atoms with E-state index in [2.05, 4.69) is 5.11 Å². The van der Waals surface area contributed by atoms with Gasteiger partial charge in [-0.2, -0.15) is 5.11 Å². The van der Waals surface area contributed by atoms with Gasteiger partial charge in [-0.25, -0.2) is 5.53 Å². The molecule has 0 amide bonds. The quantitative estimate of drug-likeness (QED) is 0.419. The van der Waals surface area contributed by atoms with Crippen LogP contribution < -0.4 is 0 Å². The van der Waals surface area contributed by atoms with E-state index in [4.69, 9.17) is 5.53 Å². The molecule has 0 spiro atoms. The first-order chi connectivity index (χ1) is 3.81. The highest BCUT2D eigenvalue weighted by molar-refractivity contribution is 5.07. The van der Waals surface area contributed by atoms with Crippen molar-refractivity contribution in [1.82, 2.24) is 0 Å². The molecule has 44 valence electrons. The van der Waals surface area contributed by atoms with Crippen LogP contribution in [0.5, 0.6) is 0 Å². The maximum atomic E-state index is 6.51. The summed E-state index contributed by atoms with van der Waals surface area (Å²) >= 11 is 0. The minimum absolute atomic E-state index is 0.725. The molecule has 0 aliphatic rings. The van der Waals surface area contributed by atoms with E-state index in [0.29, 0.717) is 0 Å². The summed E-state index contributed by atoms with van der Waals surface area (Å²) < 4.78 is 0. The summed E-state index contributed by atoms with van der Waals surface area (Å²) in [5, 5.41) is 3.19. The third kappa shape index (κ3) is 3.28. The van der Waals surface area contributed by atoms with Gasteiger partial charge in [0, 0.05) is 0 Å². The maximum Gasteiger partial charge on any atom is 0.0592 e.